The molecule has 3 N–H and O–H groups in total. The summed E-state index contributed by atoms with van der Waals surface area (Å²) in [5.41, 5.74) is -1.62. The second kappa shape index (κ2) is 13.7. The van der Waals surface area contributed by atoms with Crippen molar-refractivity contribution in [2.45, 2.75) is 69.6 Å². The molecule has 1 aromatic rings. The van der Waals surface area contributed by atoms with E-state index >= 15 is 4.39 Å². The molecule has 1 aliphatic rings. The van der Waals surface area contributed by atoms with Gasteiger partial charge in [0.05, 0.1) is 16.2 Å². The number of hydrogen-bond donors (Lipinski definition) is 3. The van der Waals surface area contributed by atoms with Gasteiger partial charge < -0.3 is 30.1 Å². The number of benzene rings is 1. The molecule has 1 saturated heterocycles. The number of piperidine rings is 1. The summed E-state index contributed by atoms with van der Waals surface area (Å²) in [6, 6.07) is 4.44. The van der Waals surface area contributed by atoms with Crippen LogP contribution in [-0.2, 0) is 15.1 Å². The summed E-state index contributed by atoms with van der Waals surface area (Å²) in [6.45, 7) is 6.06. The van der Waals surface area contributed by atoms with Crippen LogP contribution in [0.2, 0.25) is 5.02 Å². The Kier molecular flexibility index (Phi) is 11.7. The fraction of sp³-hybridized carbons (Fsp3) is 0.731. The van der Waals surface area contributed by atoms with Gasteiger partial charge >= 0.3 is 6.03 Å². The van der Waals surface area contributed by atoms with Crippen molar-refractivity contribution in [2.24, 2.45) is 5.92 Å². The summed E-state index contributed by atoms with van der Waals surface area (Å²) < 4.78 is 25.8. The minimum absolute atomic E-state index is 0.0149. The highest BCUT2D eigenvalue weighted by molar-refractivity contribution is 6.30. The van der Waals surface area contributed by atoms with Crippen LogP contribution in [0, 0.1) is 11.7 Å². The Morgan fingerprint density at radius 3 is 2.74 bits per heavy atom. The maximum absolute atomic E-state index is 15.1. The number of aliphatic hydroxyl groups is 1. The van der Waals surface area contributed by atoms with Gasteiger partial charge in [0, 0.05) is 58.0 Å². The van der Waals surface area contributed by atoms with E-state index in [-0.39, 0.29) is 34.2 Å². The first-order valence-corrected chi connectivity index (χ1v) is 12.9. The van der Waals surface area contributed by atoms with E-state index < -0.39 is 11.4 Å². The smallest absolute Gasteiger partial charge is 0.317 e. The van der Waals surface area contributed by atoms with Gasteiger partial charge in [0.1, 0.15) is 5.82 Å². The number of methoxy groups -OCH3 is 2. The molecule has 1 aromatic carbocycles. The van der Waals surface area contributed by atoms with Crippen molar-refractivity contribution < 1.29 is 23.8 Å². The van der Waals surface area contributed by atoms with Crippen LogP contribution in [0.5, 0.6) is 0 Å². The number of urea groups is 1. The average Bonchev–Trinajstić information content (AvgIpc) is 2.83. The molecule has 0 aliphatic carbocycles. The minimum atomic E-state index is -1.44. The topological polar surface area (TPSA) is 83.1 Å². The van der Waals surface area contributed by atoms with Crippen LogP contribution in [0.3, 0.4) is 0 Å². The molecule has 7 nitrogen and oxygen atoms in total. The van der Waals surface area contributed by atoms with Gasteiger partial charge in [-0.1, -0.05) is 23.7 Å². The lowest BCUT2D eigenvalue weighted by atomic mass is 9.74. The van der Waals surface area contributed by atoms with E-state index in [2.05, 4.69) is 10.6 Å². The molecule has 1 heterocycles. The SMILES string of the molecule is CNCC(CC(C)(C)OC)NC(=O)N1CCC[C@@H]([C@@](O)(CCCCOC)c2cccc(Cl)c2F)C1. The number of amides is 2. The number of likely N-dealkylation sites (tertiary alicyclic amines) is 1. The number of unbranched alkanes of at least 4 members (excludes halogenated alkanes) is 1. The Morgan fingerprint density at radius 2 is 2.09 bits per heavy atom. The number of nitrogens with one attached hydrogen (secondary N) is 2. The molecule has 0 radical (unpaired) electrons. The molecule has 9 heteroatoms. The van der Waals surface area contributed by atoms with E-state index in [1.807, 2.05) is 20.9 Å². The zero-order valence-electron chi connectivity index (χ0n) is 21.8. The summed E-state index contributed by atoms with van der Waals surface area (Å²) in [4.78, 5) is 15.0. The summed E-state index contributed by atoms with van der Waals surface area (Å²) >= 11 is 6.08. The van der Waals surface area contributed by atoms with Crippen molar-refractivity contribution in [1.82, 2.24) is 15.5 Å². The predicted molar refractivity (Wildman–Crippen MR) is 137 cm³/mol. The molecule has 35 heavy (non-hydrogen) atoms. The van der Waals surface area contributed by atoms with Gasteiger partial charge in [-0.3, -0.25) is 0 Å². The van der Waals surface area contributed by atoms with Crippen LogP contribution < -0.4 is 10.6 Å². The highest BCUT2D eigenvalue weighted by Crippen LogP contribution is 2.42. The first-order valence-electron chi connectivity index (χ1n) is 12.5. The molecular formula is C26H43ClFN3O4. The quantitative estimate of drug-likeness (QED) is 0.341. The number of ether oxygens (including phenoxy) is 2. The predicted octanol–water partition coefficient (Wildman–Crippen LogP) is 4.31. The maximum atomic E-state index is 15.1. The van der Waals surface area contributed by atoms with Crippen molar-refractivity contribution >= 4 is 17.6 Å². The van der Waals surface area contributed by atoms with E-state index in [9.17, 15) is 9.90 Å². The number of rotatable bonds is 13. The molecule has 1 unspecified atom stereocenters. The summed E-state index contributed by atoms with van der Waals surface area (Å²) in [7, 11) is 5.14. The Bertz CT molecular complexity index is 813. The number of nitrogens with zero attached hydrogens (tertiary/aromatic N) is 1. The van der Waals surface area contributed by atoms with Crippen LogP contribution in [0.4, 0.5) is 9.18 Å². The van der Waals surface area contributed by atoms with Crippen LogP contribution in [0.15, 0.2) is 18.2 Å². The van der Waals surface area contributed by atoms with Gasteiger partial charge in [-0.15, -0.1) is 0 Å². The van der Waals surface area contributed by atoms with E-state index in [0.29, 0.717) is 51.9 Å². The van der Waals surface area contributed by atoms with Gasteiger partial charge in [0.2, 0.25) is 0 Å². The van der Waals surface area contributed by atoms with E-state index in [1.54, 1.807) is 31.3 Å². The first-order chi connectivity index (χ1) is 16.6. The molecule has 1 fully saturated rings. The number of likely N-dealkylation sites (N-methyl/N-ethyl adjacent to an activating group) is 1. The molecule has 1 aliphatic heterocycles. The zero-order chi connectivity index (χ0) is 26.1. The monoisotopic (exact) mass is 515 g/mol. The number of hydrogen-bond acceptors (Lipinski definition) is 5. The maximum Gasteiger partial charge on any atom is 0.317 e. The molecule has 0 spiro atoms. The van der Waals surface area contributed by atoms with Crippen molar-refractivity contribution in [2.75, 3.05) is 47.5 Å². The van der Waals surface area contributed by atoms with Crippen LogP contribution in [0.1, 0.15) is 57.9 Å². The summed E-state index contributed by atoms with van der Waals surface area (Å²) in [5, 5.41) is 18.2. The third-order valence-electron chi connectivity index (χ3n) is 7.03. The molecule has 0 bridgehead atoms. The van der Waals surface area contributed by atoms with E-state index in [1.165, 1.54) is 6.07 Å². The Balaban J connectivity index is 2.21. The average molecular weight is 516 g/mol. The largest absolute Gasteiger partial charge is 0.385 e. The van der Waals surface area contributed by atoms with Gasteiger partial charge in [0.25, 0.3) is 0 Å². The first kappa shape index (κ1) is 29.8. The third kappa shape index (κ3) is 8.29. The number of carbonyl (C=O) groups excluding carboxylic acids is 1. The molecule has 0 saturated carbocycles. The summed E-state index contributed by atoms with van der Waals surface area (Å²) in [6.07, 6.45) is 3.82. The lowest BCUT2D eigenvalue weighted by Gasteiger charge is -2.43. The van der Waals surface area contributed by atoms with Gasteiger partial charge in [-0.2, -0.15) is 0 Å². The Morgan fingerprint density at radius 1 is 1.34 bits per heavy atom. The second-order valence-corrected chi connectivity index (χ2v) is 10.5. The fourth-order valence-electron chi connectivity index (χ4n) is 4.95. The second-order valence-electron chi connectivity index (χ2n) is 10.1. The lowest BCUT2D eigenvalue weighted by Crippen LogP contribution is -2.54. The number of halogens is 2. The fourth-order valence-corrected chi connectivity index (χ4v) is 5.13. The summed E-state index contributed by atoms with van der Waals surface area (Å²) in [5.74, 6) is -0.920. The molecule has 0 aromatic heterocycles. The van der Waals surface area contributed by atoms with Crippen molar-refractivity contribution in [3.8, 4) is 0 Å². The number of carbonyl (C=O) groups is 1. The molecule has 2 amide bonds. The minimum Gasteiger partial charge on any atom is -0.385 e. The standard InChI is InChI=1S/C26H43ClFN3O4/c1-25(2,35-5)16-20(17-29-3)30-24(32)31-14-9-10-19(18-31)26(33,13-6-7-15-34-4)21-11-8-12-22(27)23(21)28/h8,11-12,19-20,29,33H,6-7,9-10,13-18H2,1-5H3,(H,30,32)/t19-,20?,26+/m1/s1. The Labute approximate surface area is 214 Å². The van der Waals surface area contributed by atoms with Crippen LogP contribution in [-0.4, -0.2) is 75.2 Å². The van der Waals surface area contributed by atoms with Gasteiger partial charge in [0.15, 0.2) is 0 Å². The van der Waals surface area contributed by atoms with Crippen LogP contribution in [0.25, 0.3) is 0 Å². The zero-order valence-corrected chi connectivity index (χ0v) is 22.6. The molecule has 3 atom stereocenters. The third-order valence-corrected chi connectivity index (χ3v) is 7.32. The normalized spacial score (nSPS) is 19.3. The van der Waals surface area contributed by atoms with E-state index in [4.69, 9.17) is 21.1 Å². The van der Waals surface area contributed by atoms with Gasteiger partial charge in [-0.05, 0) is 65.5 Å². The van der Waals surface area contributed by atoms with Crippen LogP contribution >= 0.6 is 11.6 Å². The van der Waals surface area contributed by atoms with Crippen molar-refractivity contribution in [1.29, 1.82) is 0 Å². The van der Waals surface area contributed by atoms with Gasteiger partial charge in [-0.25, -0.2) is 9.18 Å². The highest BCUT2D eigenvalue weighted by Gasteiger charge is 2.43. The molecule has 2 rings (SSSR count). The molecule has 200 valence electrons. The highest BCUT2D eigenvalue weighted by atomic mass is 35.5. The van der Waals surface area contributed by atoms with Crippen molar-refractivity contribution in [3.05, 3.63) is 34.6 Å². The Hall–Kier alpha value is -1.45. The molecular weight excluding hydrogens is 473 g/mol. The lowest BCUT2D eigenvalue weighted by molar-refractivity contribution is -0.0588. The van der Waals surface area contributed by atoms with E-state index in [0.717, 1.165) is 12.8 Å². The van der Waals surface area contributed by atoms with Crippen molar-refractivity contribution in [3.63, 3.8) is 0 Å².